The SMILES string of the molecule is O=C(O)N(CCS(=O)(=O)N1C(=O)C2CCCN2C(=O)C1Cc1ccccc1)Cc1ccccc1. The first-order valence-corrected chi connectivity index (χ1v) is 12.8. The van der Waals surface area contributed by atoms with Crippen LogP contribution in [0.15, 0.2) is 60.7 Å². The number of benzene rings is 2. The molecule has 9 nitrogen and oxygen atoms in total. The van der Waals surface area contributed by atoms with Crippen molar-refractivity contribution in [2.24, 2.45) is 0 Å². The van der Waals surface area contributed by atoms with Crippen molar-refractivity contribution in [2.75, 3.05) is 18.8 Å². The van der Waals surface area contributed by atoms with Crippen LogP contribution in [0.3, 0.4) is 0 Å². The Bertz CT molecular complexity index is 1160. The molecular formula is C24H27N3O6S. The molecule has 10 heteroatoms. The van der Waals surface area contributed by atoms with Crippen molar-refractivity contribution in [1.29, 1.82) is 0 Å². The standard InChI is InChI=1S/C24H27N3O6S/c28-22-21(16-18-8-3-1-4-9-18)27(23(29)20-12-7-13-26(20)22)34(32,33)15-14-25(24(30)31)17-19-10-5-2-6-11-19/h1-6,8-11,20-21H,7,12-17H2,(H,30,31). The molecule has 2 heterocycles. The summed E-state index contributed by atoms with van der Waals surface area (Å²) in [4.78, 5) is 40.8. The van der Waals surface area contributed by atoms with E-state index in [1.54, 1.807) is 54.6 Å². The van der Waals surface area contributed by atoms with Crippen molar-refractivity contribution in [2.45, 2.75) is 37.9 Å². The zero-order valence-electron chi connectivity index (χ0n) is 18.6. The van der Waals surface area contributed by atoms with Crippen molar-refractivity contribution in [1.82, 2.24) is 14.1 Å². The fourth-order valence-corrected chi connectivity index (χ4v) is 6.18. The van der Waals surface area contributed by atoms with Gasteiger partial charge in [-0.3, -0.25) is 9.59 Å². The fraction of sp³-hybridized carbons (Fsp3) is 0.375. The number of amides is 3. The number of fused-ring (bicyclic) bond motifs is 1. The molecule has 2 aliphatic rings. The Kier molecular flexibility index (Phi) is 6.87. The van der Waals surface area contributed by atoms with E-state index in [1.165, 1.54) is 4.90 Å². The van der Waals surface area contributed by atoms with Gasteiger partial charge in [-0.2, -0.15) is 0 Å². The first kappa shape index (κ1) is 23.7. The topological polar surface area (TPSA) is 115 Å². The third-order valence-electron chi connectivity index (χ3n) is 6.28. The number of hydrogen-bond donors (Lipinski definition) is 1. The number of nitrogens with zero attached hydrogens (tertiary/aromatic N) is 3. The molecule has 0 aliphatic carbocycles. The van der Waals surface area contributed by atoms with E-state index in [9.17, 15) is 27.9 Å². The summed E-state index contributed by atoms with van der Waals surface area (Å²) >= 11 is 0. The monoisotopic (exact) mass is 485 g/mol. The van der Waals surface area contributed by atoms with Crippen LogP contribution in [0.4, 0.5) is 4.79 Å². The summed E-state index contributed by atoms with van der Waals surface area (Å²) in [6, 6.07) is 15.8. The van der Waals surface area contributed by atoms with Crippen LogP contribution < -0.4 is 0 Å². The summed E-state index contributed by atoms with van der Waals surface area (Å²) in [7, 11) is -4.26. The first-order valence-electron chi connectivity index (χ1n) is 11.2. The Morgan fingerprint density at radius 1 is 0.971 bits per heavy atom. The number of rotatable bonds is 8. The third-order valence-corrected chi connectivity index (χ3v) is 8.02. The molecule has 2 atom stereocenters. The van der Waals surface area contributed by atoms with Gasteiger partial charge in [0.1, 0.15) is 12.1 Å². The van der Waals surface area contributed by atoms with Crippen molar-refractivity contribution >= 4 is 27.9 Å². The van der Waals surface area contributed by atoms with E-state index in [-0.39, 0.29) is 25.4 Å². The van der Waals surface area contributed by atoms with Crippen LogP contribution in [-0.4, -0.2) is 76.5 Å². The maximum absolute atomic E-state index is 13.4. The van der Waals surface area contributed by atoms with Crippen LogP contribution in [0.5, 0.6) is 0 Å². The molecule has 2 aliphatic heterocycles. The van der Waals surface area contributed by atoms with Gasteiger partial charge in [-0.05, 0) is 24.0 Å². The van der Waals surface area contributed by atoms with E-state index < -0.39 is 39.9 Å². The minimum atomic E-state index is -4.26. The van der Waals surface area contributed by atoms with Crippen molar-refractivity contribution in [3.05, 3.63) is 71.8 Å². The molecule has 1 N–H and O–H groups in total. The molecule has 0 saturated carbocycles. The predicted molar refractivity (Wildman–Crippen MR) is 124 cm³/mol. The van der Waals surface area contributed by atoms with Gasteiger partial charge in [0.15, 0.2) is 0 Å². The number of carbonyl (C=O) groups excluding carboxylic acids is 2. The highest BCUT2D eigenvalue weighted by Gasteiger charge is 2.51. The molecule has 180 valence electrons. The summed E-state index contributed by atoms with van der Waals surface area (Å²) < 4.78 is 27.6. The van der Waals surface area contributed by atoms with E-state index in [4.69, 9.17) is 0 Å². The largest absolute Gasteiger partial charge is 0.465 e. The Morgan fingerprint density at radius 2 is 1.59 bits per heavy atom. The summed E-state index contributed by atoms with van der Waals surface area (Å²) in [5.41, 5.74) is 1.46. The Balaban J connectivity index is 1.57. The lowest BCUT2D eigenvalue weighted by atomic mass is 10.0. The average Bonchev–Trinajstić information content (AvgIpc) is 3.32. The molecule has 0 bridgehead atoms. The van der Waals surface area contributed by atoms with Gasteiger partial charge >= 0.3 is 6.09 Å². The van der Waals surface area contributed by atoms with E-state index in [1.807, 2.05) is 6.07 Å². The molecule has 2 fully saturated rings. The predicted octanol–water partition coefficient (Wildman–Crippen LogP) is 1.94. The number of piperazine rings is 1. The van der Waals surface area contributed by atoms with Gasteiger partial charge in [-0.15, -0.1) is 0 Å². The molecule has 34 heavy (non-hydrogen) atoms. The molecule has 0 spiro atoms. The third kappa shape index (κ3) is 4.91. The zero-order valence-corrected chi connectivity index (χ0v) is 19.4. The van der Waals surface area contributed by atoms with Gasteiger partial charge in [-0.1, -0.05) is 60.7 Å². The maximum atomic E-state index is 13.4. The molecular weight excluding hydrogens is 458 g/mol. The highest BCUT2D eigenvalue weighted by Crippen LogP contribution is 2.30. The minimum Gasteiger partial charge on any atom is -0.465 e. The fourth-order valence-electron chi connectivity index (χ4n) is 4.59. The van der Waals surface area contributed by atoms with Gasteiger partial charge in [-0.25, -0.2) is 17.5 Å². The smallest absolute Gasteiger partial charge is 0.407 e. The van der Waals surface area contributed by atoms with Crippen LogP contribution in [0.2, 0.25) is 0 Å². The molecule has 2 saturated heterocycles. The van der Waals surface area contributed by atoms with Crippen LogP contribution in [0, 0.1) is 0 Å². The van der Waals surface area contributed by atoms with E-state index in [0.29, 0.717) is 19.4 Å². The number of hydrogen-bond acceptors (Lipinski definition) is 5. The first-order chi connectivity index (χ1) is 16.3. The second-order valence-corrected chi connectivity index (χ2v) is 10.5. The van der Waals surface area contributed by atoms with Crippen LogP contribution in [-0.2, 0) is 32.6 Å². The zero-order chi connectivity index (χ0) is 24.3. The second kappa shape index (κ2) is 9.84. The second-order valence-electron chi connectivity index (χ2n) is 8.53. The number of carbonyl (C=O) groups is 3. The van der Waals surface area contributed by atoms with Crippen molar-refractivity contribution in [3.8, 4) is 0 Å². The maximum Gasteiger partial charge on any atom is 0.407 e. The lowest BCUT2D eigenvalue weighted by Crippen LogP contribution is -2.65. The molecule has 2 aromatic rings. The summed E-state index contributed by atoms with van der Waals surface area (Å²) in [5.74, 6) is -1.58. The molecule has 4 rings (SSSR count). The van der Waals surface area contributed by atoms with Crippen LogP contribution >= 0.6 is 0 Å². The molecule has 3 amide bonds. The van der Waals surface area contributed by atoms with Gasteiger partial charge < -0.3 is 14.9 Å². The quantitative estimate of drug-likeness (QED) is 0.611. The van der Waals surface area contributed by atoms with E-state index in [2.05, 4.69) is 0 Å². The van der Waals surface area contributed by atoms with Crippen molar-refractivity contribution < 1.29 is 27.9 Å². The molecule has 0 radical (unpaired) electrons. The molecule has 2 aromatic carbocycles. The number of sulfonamides is 1. The molecule has 2 unspecified atom stereocenters. The normalized spacial score (nSPS) is 20.4. The average molecular weight is 486 g/mol. The minimum absolute atomic E-state index is 0.0163. The summed E-state index contributed by atoms with van der Waals surface area (Å²) in [6.45, 7) is 0.123. The Hall–Kier alpha value is -3.40. The summed E-state index contributed by atoms with van der Waals surface area (Å²) in [5, 5.41) is 9.60. The molecule has 0 aromatic heterocycles. The van der Waals surface area contributed by atoms with Gasteiger partial charge in [0, 0.05) is 26.1 Å². The van der Waals surface area contributed by atoms with Gasteiger partial charge in [0.05, 0.1) is 5.75 Å². The van der Waals surface area contributed by atoms with E-state index >= 15 is 0 Å². The highest BCUT2D eigenvalue weighted by molar-refractivity contribution is 7.89. The summed E-state index contributed by atoms with van der Waals surface area (Å²) in [6.07, 6.45) is -0.134. The Labute approximate surface area is 198 Å². The number of carboxylic acid groups (broad SMARTS) is 1. The highest BCUT2D eigenvalue weighted by atomic mass is 32.2. The Morgan fingerprint density at radius 3 is 2.21 bits per heavy atom. The van der Waals surface area contributed by atoms with Gasteiger partial charge in [0.2, 0.25) is 15.9 Å². The van der Waals surface area contributed by atoms with Crippen molar-refractivity contribution in [3.63, 3.8) is 0 Å². The lowest BCUT2D eigenvalue weighted by molar-refractivity contribution is -0.153. The van der Waals surface area contributed by atoms with E-state index in [0.717, 1.165) is 20.3 Å². The van der Waals surface area contributed by atoms with Gasteiger partial charge in [0.25, 0.3) is 5.91 Å². The van der Waals surface area contributed by atoms with Crippen LogP contribution in [0.25, 0.3) is 0 Å². The van der Waals surface area contributed by atoms with Crippen LogP contribution in [0.1, 0.15) is 24.0 Å². The lowest BCUT2D eigenvalue weighted by Gasteiger charge is -2.41.